The molecule has 1 aliphatic carbocycles. The summed E-state index contributed by atoms with van der Waals surface area (Å²) < 4.78 is 0. The maximum Gasteiger partial charge on any atom is 0.237 e. The fraction of sp³-hybridized carbons (Fsp3) is 0.889. The van der Waals surface area contributed by atoms with Crippen LogP contribution in [0.5, 0.6) is 0 Å². The second kappa shape index (κ2) is 10.0. The molecule has 2 unspecified atom stereocenters. The van der Waals surface area contributed by atoms with Gasteiger partial charge in [0.25, 0.3) is 0 Å². The first-order chi connectivity index (χ1) is 10.9. The summed E-state index contributed by atoms with van der Waals surface area (Å²) in [5, 5.41) is 9.26. The van der Waals surface area contributed by atoms with Crippen molar-refractivity contribution in [1.82, 2.24) is 16.0 Å². The molecular weight excluding hydrogens is 290 g/mol. The number of ketones is 1. The lowest BCUT2D eigenvalue weighted by Crippen LogP contribution is -2.51. The molecule has 1 saturated carbocycles. The van der Waals surface area contributed by atoms with Gasteiger partial charge in [0.2, 0.25) is 5.91 Å². The molecule has 0 aromatic carbocycles. The van der Waals surface area contributed by atoms with Crippen molar-refractivity contribution >= 4 is 11.7 Å². The molecule has 0 spiro atoms. The van der Waals surface area contributed by atoms with Crippen LogP contribution in [-0.4, -0.2) is 44.4 Å². The van der Waals surface area contributed by atoms with Gasteiger partial charge in [-0.05, 0) is 64.6 Å². The van der Waals surface area contributed by atoms with Crippen LogP contribution in [0.4, 0.5) is 0 Å². The fourth-order valence-corrected chi connectivity index (χ4v) is 3.65. The third-order valence-electron chi connectivity index (χ3n) is 5.10. The maximum atomic E-state index is 12.4. The zero-order valence-electron chi connectivity index (χ0n) is 15.4. The molecule has 1 aliphatic rings. The number of nitrogens with one attached hydrogen (secondary N) is 3. The average Bonchev–Trinajstić information content (AvgIpc) is 2.49. The summed E-state index contributed by atoms with van der Waals surface area (Å²) >= 11 is 0. The van der Waals surface area contributed by atoms with Crippen LogP contribution in [0.15, 0.2) is 0 Å². The molecule has 5 heteroatoms. The van der Waals surface area contributed by atoms with E-state index in [1.54, 1.807) is 14.0 Å². The van der Waals surface area contributed by atoms with Crippen LogP contribution in [-0.2, 0) is 9.59 Å². The topological polar surface area (TPSA) is 70.2 Å². The van der Waals surface area contributed by atoms with E-state index in [4.69, 9.17) is 0 Å². The van der Waals surface area contributed by atoms with Crippen LogP contribution in [0.1, 0.15) is 52.9 Å². The van der Waals surface area contributed by atoms with E-state index in [1.807, 2.05) is 20.9 Å². The van der Waals surface area contributed by atoms with E-state index in [-0.39, 0.29) is 29.7 Å². The molecular formula is C18H35N3O2. The van der Waals surface area contributed by atoms with Gasteiger partial charge in [-0.15, -0.1) is 0 Å². The first-order valence-corrected chi connectivity index (χ1v) is 9.01. The van der Waals surface area contributed by atoms with E-state index in [0.29, 0.717) is 5.92 Å². The van der Waals surface area contributed by atoms with E-state index < -0.39 is 0 Å². The number of Topliss-reactive ketones (excluding diaryl/α,β-unsaturated/α-hetero) is 1. The quantitative estimate of drug-likeness (QED) is 0.604. The number of amides is 1. The molecule has 134 valence electrons. The normalized spacial score (nSPS) is 24.3. The molecule has 1 rings (SSSR count). The van der Waals surface area contributed by atoms with Crippen LogP contribution < -0.4 is 16.0 Å². The second-order valence-electron chi connectivity index (χ2n) is 7.36. The molecule has 0 aromatic rings. The van der Waals surface area contributed by atoms with Gasteiger partial charge in [0.05, 0.1) is 12.1 Å². The molecule has 0 aliphatic heterocycles. The van der Waals surface area contributed by atoms with Crippen molar-refractivity contribution in [3.05, 3.63) is 0 Å². The summed E-state index contributed by atoms with van der Waals surface area (Å²) in [6.45, 7) is 6.68. The van der Waals surface area contributed by atoms with E-state index in [9.17, 15) is 9.59 Å². The van der Waals surface area contributed by atoms with Gasteiger partial charge >= 0.3 is 0 Å². The van der Waals surface area contributed by atoms with Crippen LogP contribution >= 0.6 is 0 Å². The van der Waals surface area contributed by atoms with E-state index >= 15 is 0 Å². The molecule has 0 bridgehead atoms. The molecule has 3 N–H and O–H groups in total. The molecule has 0 aromatic heterocycles. The van der Waals surface area contributed by atoms with E-state index in [2.05, 4.69) is 16.0 Å². The molecule has 2 atom stereocenters. The third kappa shape index (κ3) is 6.60. The molecule has 5 nitrogen and oxygen atoms in total. The Bertz CT molecular complexity index is 376. The minimum absolute atomic E-state index is 0.0634. The standard InChI is InChI=1S/C18H35N3O2/c1-12(2)17(20-5)18(23)21-16(13(3)22)10-14-6-8-15(9-7-14)11-19-4/h12,14-17,19-20H,6-11H2,1-5H3,(H,21,23). The highest BCUT2D eigenvalue weighted by Crippen LogP contribution is 2.31. The smallest absolute Gasteiger partial charge is 0.237 e. The maximum absolute atomic E-state index is 12.4. The highest BCUT2D eigenvalue weighted by Gasteiger charge is 2.28. The van der Waals surface area contributed by atoms with Gasteiger partial charge < -0.3 is 16.0 Å². The van der Waals surface area contributed by atoms with Crippen LogP contribution in [0.25, 0.3) is 0 Å². The number of hydrogen-bond donors (Lipinski definition) is 3. The lowest BCUT2D eigenvalue weighted by atomic mass is 9.78. The zero-order chi connectivity index (χ0) is 17.4. The Hall–Kier alpha value is -0.940. The summed E-state index contributed by atoms with van der Waals surface area (Å²) in [4.78, 5) is 24.3. The summed E-state index contributed by atoms with van der Waals surface area (Å²) in [6, 6.07) is -0.592. The van der Waals surface area contributed by atoms with Gasteiger partial charge in [0.15, 0.2) is 5.78 Å². The van der Waals surface area contributed by atoms with Gasteiger partial charge in [0.1, 0.15) is 0 Å². The van der Waals surface area contributed by atoms with Crippen molar-refractivity contribution in [3.63, 3.8) is 0 Å². The number of hydrogen-bond acceptors (Lipinski definition) is 4. The SMILES string of the molecule is CNCC1CCC(CC(NC(=O)C(NC)C(C)C)C(C)=O)CC1. The van der Waals surface area contributed by atoms with E-state index in [0.717, 1.165) is 31.7 Å². The first kappa shape index (κ1) is 20.1. The van der Waals surface area contributed by atoms with Crippen molar-refractivity contribution in [1.29, 1.82) is 0 Å². The highest BCUT2D eigenvalue weighted by atomic mass is 16.2. The molecule has 1 fully saturated rings. The monoisotopic (exact) mass is 325 g/mol. The lowest BCUT2D eigenvalue weighted by molar-refractivity contribution is -0.129. The van der Waals surface area contributed by atoms with Gasteiger partial charge in [-0.25, -0.2) is 0 Å². The lowest BCUT2D eigenvalue weighted by Gasteiger charge is -2.31. The Morgan fingerprint density at radius 1 is 1.04 bits per heavy atom. The molecule has 0 saturated heterocycles. The number of carbonyl (C=O) groups is 2. The molecule has 1 amide bonds. The Labute approximate surface area is 141 Å². The first-order valence-electron chi connectivity index (χ1n) is 9.01. The third-order valence-corrected chi connectivity index (χ3v) is 5.10. The predicted molar refractivity (Wildman–Crippen MR) is 94.3 cm³/mol. The molecule has 23 heavy (non-hydrogen) atoms. The second-order valence-corrected chi connectivity index (χ2v) is 7.36. The Kier molecular flexibility index (Phi) is 8.77. The van der Waals surface area contributed by atoms with Crippen molar-refractivity contribution in [3.8, 4) is 0 Å². The largest absolute Gasteiger partial charge is 0.345 e. The Balaban J connectivity index is 2.53. The van der Waals surface area contributed by atoms with Crippen molar-refractivity contribution in [2.24, 2.45) is 17.8 Å². The number of rotatable bonds is 9. The van der Waals surface area contributed by atoms with Crippen molar-refractivity contribution in [2.45, 2.75) is 65.0 Å². The summed E-state index contributed by atoms with van der Waals surface area (Å²) in [7, 11) is 3.79. The Morgan fingerprint density at radius 2 is 1.61 bits per heavy atom. The van der Waals surface area contributed by atoms with Crippen LogP contribution in [0, 0.1) is 17.8 Å². The zero-order valence-corrected chi connectivity index (χ0v) is 15.4. The summed E-state index contributed by atoms with van der Waals surface area (Å²) in [6.07, 6.45) is 5.53. The van der Waals surface area contributed by atoms with Crippen LogP contribution in [0.3, 0.4) is 0 Å². The van der Waals surface area contributed by atoms with Gasteiger partial charge in [-0.3, -0.25) is 9.59 Å². The molecule has 0 radical (unpaired) electrons. The fourth-order valence-electron chi connectivity index (χ4n) is 3.65. The number of carbonyl (C=O) groups excluding carboxylic acids is 2. The van der Waals surface area contributed by atoms with Crippen LogP contribution in [0.2, 0.25) is 0 Å². The van der Waals surface area contributed by atoms with Crippen molar-refractivity contribution in [2.75, 3.05) is 20.6 Å². The van der Waals surface area contributed by atoms with Gasteiger partial charge in [0, 0.05) is 0 Å². The Morgan fingerprint density at radius 3 is 2.04 bits per heavy atom. The van der Waals surface area contributed by atoms with Crippen molar-refractivity contribution < 1.29 is 9.59 Å². The van der Waals surface area contributed by atoms with E-state index in [1.165, 1.54) is 12.8 Å². The van der Waals surface area contributed by atoms with Gasteiger partial charge in [-0.1, -0.05) is 26.7 Å². The summed E-state index contributed by atoms with van der Waals surface area (Å²) in [5.74, 6) is 1.51. The summed E-state index contributed by atoms with van der Waals surface area (Å²) in [5.41, 5.74) is 0. The number of likely N-dealkylation sites (N-methyl/N-ethyl adjacent to an activating group) is 1. The average molecular weight is 325 g/mol. The minimum Gasteiger partial charge on any atom is -0.345 e. The highest BCUT2D eigenvalue weighted by molar-refractivity contribution is 5.89. The minimum atomic E-state index is -0.344. The molecule has 0 heterocycles. The van der Waals surface area contributed by atoms with Gasteiger partial charge in [-0.2, -0.15) is 0 Å². The predicted octanol–water partition coefficient (Wildman–Crippen LogP) is 1.72.